The smallest absolute Gasteiger partial charge is 0.302 e. The van der Waals surface area contributed by atoms with E-state index in [0.29, 0.717) is 33.4 Å². The third-order valence-electron chi connectivity index (χ3n) is 7.96. The lowest BCUT2D eigenvalue weighted by atomic mass is 9.86. The molecule has 0 aliphatic rings. The Balaban J connectivity index is 1.59. The Labute approximate surface area is 258 Å². The zero-order valence-corrected chi connectivity index (χ0v) is 26.0. The number of hydrogen-bond donors (Lipinski definition) is 2. The summed E-state index contributed by atoms with van der Waals surface area (Å²) in [5.41, 5.74) is 10.8. The van der Waals surface area contributed by atoms with Crippen LogP contribution in [0.3, 0.4) is 0 Å². The first-order valence-corrected chi connectivity index (χ1v) is 14.6. The van der Waals surface area contributed by atoms with Crippen molar-refractivity contribution in [1.29, 1.82) is 0 Å². The molecule has 230 valence electrons. The number of rotatable bonds is 6. The molecule has 3 aromatic heterocycles. The number of halogens is 1. The average Bonchev–Trinajstić information content (AvgIpc) is 3.63. The molecular formula is C34H34FN7O3. The molecule has 3 heterocycles. The van der Waals surface area contributed by atoms with Gasteiger partial charge >= 0.3 is 5.97 Å². The number of ether oxygens (including phenoxy) is 1. The van der Waals surface area contributed by atoms with Gasteiger partial charge in [0.15, 0.2) is 5.82 Å². The Morgan fingerprint density at radius 2 is 1.84 bits per heavy atom. The molecule has 45 heavy (non-hydrogen) atoms. The second-order valence-electron chi connectivity index (χ2n) is 12.5. The SMILES string of the molecule is CC(=O)OCc1c(-c2cc(-c3cnn(C(C)C)c3)c3[nH]nc(N)c3c2)cccc1-n1ncc2cc(C(C)(C)C)cc(F)c2c1=O. The highest BCUT2D eigenvalue weighted by molar-refractivity contribution is 6.02. The van der Waals surface area contributed by atoms with Crippen LogP contribution < -0.4 is 11.3 Å². The number of carbonyl (C=O) groups excluding carboxylic acids is 1. The molecule has 0 amide bonds. The van der Waals surface area contributed by atoms with E-state index < -0.39 is 17.3 Å². The van der Waals surface area contributed by atoms with Gasteiger partial charge in [0.05, 0.1) is 29.0 Å². The molecule has 0 bridgehead atoms. The van der Waals surface area contributed by atoms with E-state index in [2.05, 4.69) is 20.4 Å². The molecule has 11 heteroatoms. The standard InChI is InChI=1S/C34H34FN7O3/c1-18(2)41-16-22(15-37-41)25-11-20(12-26-31(25)39-40-32(26)36)24-8-7-9-29(27(24)17-45-19(3)43)42-33(44)30-21(14-38-42)10-23(13-28(30)35)34(4,5)6/h7-16,18H,17H2,1-6H3,(H3,36,39,40). The summed E-state index contributed by atoms with van der Waals surface area (Å²) in [5.74, 6) is -0.796. The topological polar surface area (TPSA) is 134 Å². The summed E-state index contributed by atoms with van der Waals surface area (Å²) < 4.78 is 24.0. The maximum atomic E-state index is 15.5. The molecule has 0 fully saturated rings. The summed E-state index contributed by atoms with van der Waals surface area (Å²) in [6.07, 6.45) is 5.22. The summed E-state index contributed by atoms with van der Waals surface area (Å²) in [7, 11) is 0. The van der Waals surface area contributed by atoms with Crippen molar-refractivity contribution in [3.05, 3.63) is 88.4 Å². The third kappa shape index (κ3) is 5.34. The number of H-pyrrole nitrogens is 1. The van der Waals surface area contributed by atoms with Crippen LogP contribution in [0.2, 0.25) is 0 Å². The summed E-state index contributed by atoms with van der Waals surface area (Å²) in [5, 5.41) is 17.3. The van der Waals surface area contributed by atoms with Gasteiger partial charge in [-0.15, -0.1) is 0 Å². The predicted molar refractivity (Wildman–Crippen MR) is 173 cm³/mol. The Bertz CT molecular complexity index is 2170. The number of anilines is 1. The second kappa shape index (κ2) is 11.0. The molecule has 0 unspecified atom stereocenters. The summed E-state index contributed by atoms with van der Waals surface area (Å²) in [6.45, 7) is 11.2. The van der Waals surface area contributed by atoms with E-state index in [4.69, 9.17) is 10.5 Å². The summed E-state index contributed by atoms with van der Waals surface area (Å²) >= 11 is 0. The van der Waals surface area contributed by atoms with Crippen LogP contribution in [-0.4, -0.2) is 35.7 Å². The molecule has 10 nitrogen and oxygen atoms in total. The first-order chi connectivity index (χ1) is 21.3. The first kappa shape index (κ1) is 29.7. The van der Waals surface area contributed by atoms with Gasteiger partial charge in [-0.1, -0.05) is 32.9 Å². The number of nitrogens with one attached hydrogen (secondary N) is 1. The minimum Gasteiger partial charge on any atom is -0.461 e. The fourth-order valence-electron chi connectivity index (χ4n) is 5.49. The molecule has 0 atom stereocenters. The number of aromatic amines is 1. The molecule has 0 saturated heterocycles. The second-order valence-corrected chi connectivity index (χ2v) is 12.5. The number of nitrogens with two attached hydrogens (primary N) is 1. The number of aromatic nitrogens is 6. The molecule has 3 aromatic carbocycles. The van der Waals surface area contributed by atoms with Crippen LogP contribution in [0.1, 0.15) is 58.7 Å². The van der Waals surface area contributed by atoms with E-state index in [1.807, 2.05) is 63.7 Å². The molecule has 0 aliphatic heterocycles. The Morgan fingerprint density at radius 1 is 1.07 bits per heavy atom. The third-order valence-corrected chi connectivity index (χ3v) is 7.96. The average molecular weight is 608 g/mol. The maximum Gasteiger partial charge on any atom is 0.302 e. The van der Waals surface area contributed by atoms with Crippen molar-refractivity contribution in [2.45, 2.75) is 59.6 Å². The largest absolute Gasteiger partial charge is 0.461 e. The molecule has 0 spiro atoms. The maximum absolute atomic E-state index is 15.5. The number of carbonyl (C=O) groups is 1. The zero-order valence-electron chi connectivity index (χ0n) is 26.0. The van der Waals surface area contributed by atoms with Crippen LogP contribution in [0.15, 0.2) is 65.8 Å². The van der Waals surface area contributed by atoms with Crippen LogP contribution in [0.25, 0.3) is 49.6 Å². The van der Waals surface area contributed by atoms with E-state index in [0.717, 1.165) is 32.5 Å². The summed E-state index contributed by atoms with van der Waals surface area (Å²) in [6, 6.07) is 12.6. The number of benzene rings is 3. The van der Waals surface area contributed by atoms with Crippen molar-refractivity contribution in [3.8, 4) is 27.9 Å². The highest BCUT2D eigenvalue weighted by atomic mass is 19.1. The van der Waals surface area contributed by atoms with Gasteiger partial charge in [0.1, 0.15) is 12.4 Å². The quantitative estimate of drug-likeness (QED) is 0.208. The number of nitrogens with zero attached hydrogens (tertiary/aromatic N) is 5. The number of esters is 1. The molecule has 0 saturated carbocycles. The Kier molecular flexibility index (Phi) is 7.26. The van der Waals surface area contributed by atoms with Gasteiger partial charge in [0.2, 0.25) is 0 Å². The van der Waals surface area contributed by atoms with Crippen LogP contribution >= 0.6 is 0 Å². The lowest BCUT2D eigenvalue weighted by Crippen LogP contribution is -2.24. The highest BCUT2D eigenvalue weighted by Crippen LogP contribution is 2.38. The van der Waals surface area contributed by atoms with Gasteiger partial charge in [-0.05, 0) is 66.3 Å². The first-order valence-electron chi connectivity index (χ1n) is 14.6. The number of hydrogen-bond acceptors (Lipinski definition) is 7. The van der Waals surface area contributed by atoms with Crippen LogP contribution in [0.4, 0.5) is 10.2 Å². The minimum absolute atomic E-state index is 0.0705. The number of nitrogen functional groups attached to an aromatic ring is 1. The molecule has 3 N–H and O–H groups in total. The highest BCUT2D eigenvalue weighted by Gasteiger charge is 2.22. The lowest BCUT2D eigenvalue weighted by molar-refractivity contribution is -0.142. The zero-order chi connectivity index (χ0) is 32.2. The van der Waals surface area contributed by atoms with Crippen molar-refractivity contribution in [3.63, 3.8) is 0 Å². The van der Waals surface area contributed by atoms with Gasteiger partial charge in [-0.2, -0.15) is 20.0 Å². The van der Waals surface area contributed by atoms with Crippen LogP contribution in [0, 0.1) is 5.82 Å². The van der Waals surface area contributed by atoms with Gasteiger partial charge < -0.3 is 10.5 Å². The number of fused-ring (bicyclic) bond motifs is 2. The fourth-order valence-corrected chi connectivity index (χ4v) is 5.49. The molecular weight excluding hydrogens is 573 g/mol. The van der Waals surface area contributed by atoms with Gasteiger partial charge in [-0.3, -0.25) is 19.4 Å². The predicted octanol–water partition coefficient (Wildman–Crippen LogP) is 6.46. The van der Waals surface area contributed by atoms with Crippen molar-refractivity contribution >= 4 is 33.5 Å². The van der Waals surface area contributed by atoms with E-state index in [1.165, 1.54) is 19.2 Å². The van der Waals surface area contributed by atoms with E-state index >= 15 is 4.39 Å². The van der Waals surface area contributed by atoms with Gasteiger partial charge in [0.25, 0.3) is 5.56 Å². The van der Waals surface area contributed by atoms with E-state index in [-0.39, 0.29) is 23.4 Å². The van der Waals surface area contributed by atoms with Crippen molar-refractivity contribution in [2.24, 2.45) is 0 Å². The monoisotopic (exact) mass is 607 g/mol. The van der Waals surface area contributed by atoms with Gasteiger partial charge in [-0.25, -0.2) is 4.39 Å². The van der Waals surface area contributed by atoms with Crippen LogP contribution in [0.5, 0.6) is 0 Å². The van der Waals surface area contributed by atoms with Crippen molar-refractivity contribution in [1.82, 2.24) is 29.8 Å². The fraction of sp³-hybridized carbons (Fsp3) is 0.265. The van der Waals surface area contributed by atoms with Crippen LogP contribution in [-0.2, 0) is 21.6 Å². The van der Waals surface area contributed by atoms with Gasteiger partial charge in [0, 0.05) is 46.6 Å². The molecule has 0 radical (unpaired) electrons. The lowest BCUT2D eigenvalue weighted by Gasteiger charge is -2.20. The minimum atomic E-state index is -0.622. The van der Waals surface area contributed by atoms with Crippen molar-refractivity contribution in [2.75, 3.05) is 5.73 Å². The normalized spacial score (nSPS) is 12.0. The Morgan fingerprint density at radius 3 is 2.53 bits per heavy atom. The van der Waals surface area contributed by atoms with E-state index in [1.54, 1.807) is 24.4 Å². The van der Waals surface area contributed by atoms with Crippen molar-refractivity contribution < 1.29 is 13.9 Å². The Hall–Kier alpha value is -5.32. The summed E-state index contributed by atoms with van der Waals surface area (Å²) in [4.78, 5) is 25.8. The molecule has 6 rings (SSSR count). The van der Waals surface area contributed by atoms with E-state index in [9.17, 15) is 9.59 Å². The molecule has 6 aromatic rings. The molecule has 0 aliphatic carbocycles.